The van der Waals surface area contributed by atoms with E-state index in [2.05, 4.69) is 41.1 Å². The lowest BCUT2D eigenvalue weighted by molar-refractivity contribution is 0.110. The van der Waals surface area contributed by atoms with Crippen LogP contribution in [0.5, 0.6) is 0 Å². The summed E-state index contributed by atoms with van der Waals surface area (Å²) in [6, 6.07) is 2.33. The van der Waals surface area contributed by atoms with Gasteiger partial charge in [0, 0.05) is 31.5 Å². The molecular formula is C14H26N4O. The summed E-state index contributed by atoms with van der Waals surface area (Å²) in [6.07, 6.45) is 1.09. The number of nitrogens with zero attached hydrogens (tertiary/aromatic N) is 3. The number of ether oxygens (including phenoxy) is 1. The van der Waals surface area contributed by atoms with Gasteiger partial charge in [-0.3, -0.25) is 4.90 Å². The fourth-order valence-corrected chi connectivity index (χ4v) is 1.79. The van der Waals surface area contributed by atoms with Crippen molar-refractivity contribution < 1.29 is 4.74 Å². The fourth-order valence-electron chi connectivity index (χ4n) is 1.79. The predicted octanol–water partition coefficient (Wildman–Crippen LogP) is 2.07. The number of hydrogen-bond donors (Lipinski definition) is 1. The standard InChI is InChI=1S/C14H26N4O/c1-6-7-15-13-8-11(2)16-14(17-13)9-18(4)12(3)10-19-5/h8,12H,6-7,9-10H2,1-5H3,(H,15,16,17). The molecule has 1 aromatic heterocycles. The number of aromatic nitrogens is 2. The molecule has 0 saturated heterocycles. The minimum Gasteiger partial charge on any atom is -0.383 e. The summed E-state index contributed by atoms with van der Waals surface area (Å²) in [5.74, 6) is 1.77. The van der Waals surface area contributed by atoms with E-state index in [1.807, 2.05) is 13.0 Å². The Morgan fingerprint density at radius 3 is 2.79 bits per heavy atom. The Hall–Kier alpha value is -1.20. The molecule has 1 heterocycles. The summed E-state index contributed by atoms with van der Waals surface area (Å²) in [5.41, 5.74) is 0.997. The van der Waals surface area contributed by atoms with E-state index in [0.717, 1.165) is 36.8 Å². The monoisotopic (exact) mass is 266 g/mol. The van der Waals surface area contributed by atoms with Crippen molar-refractivity contribution in [2.75, 3.05) is 32.6 Å². The number of nitrogens with one attached hydrogen (secondary N) is 1. The van der Waals surface area contributed by atoms with Crippen LogP contribution in [0, 0.1) is 6.92 Å². The van der Waals surface area contributed by atoms with E-state index in [0.29, 0.717) is 12.6 Å². The molecule has 0 spiro atoms. The number of rotatable bonds is 8. The van der Waals surface area contributed by atoms with Gasteiger partial charge >= 0.3 is 0 Å². The molecule has 1 atom stereocenters. The molecule has 1 aromatic rings. The number of likely N-dealkylation sites (N-methyl/N-ethyl adjacent to an activating group) is 1. The van der Waals surface area contributed by atoms with E-state index in [1.165, 1.54) is 0 Å². The topological polar surface area (TPSA) is 50.3 Å². The highest BCUT2D eigenvalue weighted by atomic mass is 16.5. The molecule has 0 radical (unpaired) electrons. The van der Waals surface area contributed by atoms with Gasteiger partial charge in [-0.2, -0.15) is 0 Å². The van der Waals surface area contributed by atoms with Crippen LogP contribution in [0.15, 0.2) is 6.07 Å². The molecule has 1 rings (SSSR count). The van der Waals surface area contributed by atoms with Crippen molar-refractivity contribution >= 4 is 5.82 Å². The second kappa shape index (κ2) is 8.07. The molecule has 0 bridgehead atoms. The highest BCUT2D eigenvalue weighted by molar-refractivity contribution is 5.35. The van der Waals surface area contributed by atoms with Crippen LogP contribution < -0.4 is 5.32 Å². The zero-order valence-corrected chi connectivity index (χ0v) is 12.7. The second-order valence-corrected chi connectivity index (χ2v) is 4.96. The van der Waals surface area contributed by atoms with Crippen molar-refractivity contribution in [2.24, 2.45) is 0 Å². The molecule has 1 N–H and O–H groups in total. The first kappa shape index (κ1) is 15.9. The molecule has 0 saturated carbocycles. The summed E-state index contributed by atoms with van der Waals surface area (Å²) in [6.45, 7) is 8.65. The summed E-state index contributed by atoms with van der Waals surface area (Å²) >= 11 is 0. The summed E-state index contributed by atoms with van der Waals surface area (Å²) in [7, 11) is 3.79. The highest BCUT2D eigenvalue weighted by Crippen LogP contribution is 2.09. The van der Waals surface area contributed by atoms with Gasteiger partial charge in [0.25, 0.3) is 0 Å². The Morgan fingerprint density at radius 2 is 2.16 bits per heavy atom. The van der Waals surface area contributed by atoms with Gasteiger partial charge in [0.15, 0.2) is 0 Å². The largest absolute Gasteiger partial charge is 0.383 e. The third kappa shape index (κ3) is 5.53. The van der Waals surface area contributed by atoms with E-state index in [-0.39, 0.29) is 0 Å². The number of anilines is 1. The first-order valence-electron chi connectivity index (χ1n) is 6.84. The fraction of sp³-hybridized carbons (Fsp3) is 0.714. The summed E-state index contributed by atoms with van der Waals surface area (Å²) in [4.78, 5) is 11.2. The summed E-state index contributed by atoms with van der Waals surface area (Å²) < 4.78 is 5.17. The SMILES string of the molecule is CCCNc1cc(C)nc(CN(C)C(C)COC)n1. The highest BCUT2D eigenvalue weighted by Gasteiger charge is 2.11. The lowest BCUT2D eigenvalue weighted by Crippen LogP contribution is -2.32. The van der Waals surface area contributed by atoms with Crippen molar-refractivity contribution in [3.05, 3.63) is 17.6 Å². The smallest absolute Gasteiger partial charge is 0.144 e. The van der Waals surface area contributed by atoms with Crippen LogP contribution in [0.4, 0.5) is 5.82 Å². The third-order valence-corrected chi connectivity index (χ3v) is 3.01. The third-order valence-electron chi connectivity index (χ3n) is 3.01. The number of aryl methyl sites for hydroxylation is 1. The summed E-state index contributed by atoms with van der Waals surface area (Å²) in [5, 5.41) is 3.31. The maximum absolute atomic E-state index is 5.17. The van der Waals surface area contributed by atoms with Crippen LogP contribution in [0.2, 0.25) is 0 Å². The normalized spacial score (nSPS) is 12.7. The van der Waals surface area contributed by atoms with Crippen LogP contribution in [0.25, 0.3) is 0 Å². The Balaban J connectivity index is 2.69. The van der Waals surface area contributed by atoms with Crippen molar-refractivity contribution in [2.45, 2.75) is 39.8 Å². The number of methoxy groups -OCH3 is 1. The van der Waals surface area contributed by atoms with E-state index < -0.39 is 0 Å². The number of hydrogen-bond acceptors (Lipinski definition) is 5. The van der Waals surface area contributed by atoms with E-state index in [4.69, 9.17) is 4.74 Å². The van der Waals surface area contributed by atoms with Crippen LogP contribution in [-0.4, -0.2) is 48.2 Å². The van der Waals surface area contributed by atoms with Gasteiger partial charge in [0.05, 0.1) is 13.2 Å². The molecule has 0 fully saturated rings. The molecule has 0 aliphatic rings. The van der Waals surface area contributed by atoms with Crippen LogP contribution in [0.1, 0.15) is 31.8 Å². The minimum absolute atomic E-state index is 0.348. The van der Waals surface area contributed by atoms with E-state index in [9.17, 15) is 0 Å². The quantitative estimate of drug-likeness (QED) is 0.780. The molecule has 1 unspecified atom stereocenters. The molecule has 0 amide bonds. The van der Waals surface area contributed by atoms with Crippen LogP contribution >= 0.6 is 0 Å². The van der Waals surface area contributed by atoms with Gasteiger partial charge in [-0.1, -0.05) is 6.92 Å². The zero-order chi connectivity index (χ0) is 14.3. The maximum atomic E-state index is 5.17. The van der Waals surface area contributed by atoms with E-state index in [1.54, 1.807) is 7.11 Å². The first-order valence-corrected chi connectivity index (χ1v) is 6.84. The van der Waals surface area contributed by atoms with Gasteiger partial charge < -0.3 is 10.1 Å². The van der Waals surface area contributed by atoms with Crippen molar-refractivity contribution in [1.82, 2.24) is 14.9 Å². The van der Waals surface area contributed by atoms with Crippen molar-refractivity contribution in [3.8, 4) is 0 Å². The molecule has 5 nitrogen and oxygen atoms in total. The molecule has 0 aliphatic heterocycles. The Labute approximate surface area is 116 Å². The molecule has 19 heavy (non-hydrogen) atoms. The Bertz CT molecular complexity index is 384. The average molecular weight is 266 g/mol. The van der Waals surface area contributed by atoms with Crippen LogP contribution in [0.3, 0.4) is 0 Å². The minimum atomic E-state index is 0.348. The van der Waals surface area contributed by atoms with Gasteiger partial charge in [0.1, 0.15) is 11.6 Å². The molecule has 5 heteroatoms. The maximum Gasteiger partial charge on any atom is 0.144 e. The lowest BCUT2D eigenvalue weighted by Gasteiger charge is -2.23. The van der Waals surface area contributed by atoms with Gasteiger partial charge in [-0.05, 0) is 27.3 Å². The zero-order valence-electron chi connectivity index (χ0n) is 12.7. The van der Waals surface area contributed by atoms with Crippen LogP contribution in [-0.2, 0) is 11.3 Å². The first-order chi connectivity index (χ1) is 9.06. The molecule has 0 aliphatic carbocycles. The second-order valence-electron chi connectivity index (χ2n) is 4.96. The average Bonchev–Trinajstić information content (AvgIpc) is 2.36. The molecule has 108 valence electrons. The lowest BCUT2D eigenvalue weighted by atomic mass is 10.3. The predicted molar refractivity (Wildman–Crippen MR) is 78.4 cm³/mol. The van der Waals surface area contributed by atoms with Gasteiger partial charge in [-0.25, -0.2) is 9.97 Å². The Morgan fingerprint density at radius 1 is 1.42 bits per heavy atom. The van der Waals surface area contributed by atoms with Gasteiger partial charge in [0.2, 0.25) is 0 Å². The van der Waals surface area contributed by atoms with E-state index >= 15 is 0 Å². The van der Waals surface area contributed by atoms with Crippen molar-refractivity contribution in [3.63, 3.8) is 0 Å². The van der Waals surface area contributed by atoms with Gasteiger partial charge in [-0.15, -0.1) is 0 Å². The van der Waals surface area contributed by atoms with Crippen molar-refractivity contribution in [1.29, 1.82) is 0 Å². The molecule has 0 aromatic carbocycles. The molecular weight excluding hydrogens is 240 g/mol. The Kier molecular flexibility index (Phi) is 6.73.